The van der Waals surface area contributed by atoms with Crippen LogP contribution in [-0.4, -0.2) is 39.4 Å². The Balaban J connectivity index is 1.80. The highest BCUT2D eigenvalue weighted by Crippen LogP contribution is 2.63. The standard InChI is InChI=1S/C30H56O4Si4/c1-30-19-18-21-22(25(30)16-17-27(30)32-36(5,6)7)14-15-23-24(21)20-26(31-35(2,3)4)29(34-38(11,12)13)28(23)33-37(8,9)10/h20-22,25,27H,14-19H2,1-13H3. The van der Waals surface area contributed by atoms with Crippen molar-refractivity contribution in [2.75, 3.05) is 0 Å². The van der Waals surface area contributed by atoms with E-state index in [1.807, 2.05) is 0 Å². The van der Waals surface area contributed by atoms with Crippen molar-refractivity contribution in [1.29, 1.82) is 0 Å². The Morgan fingerprint density at radius 1 is 0.684 bits per heavy atom. The normalized spacial score (nSPS) is 29.8. The maximum atomic E-state index is 6.95. The molecule has 0 spiro atoms. The van der Waals surface area contributed by atoms with E-state index in [2.05, 4.69) is 91.6 Å². The summed E-state index contributed by atoms with van der Waals surface area (Å²) in [6.07, 6.45) is 7.81. The topological polar surface area (TPSA) is 36.9 Å². The number of hydrogen-bond donors (Lipinski definition) is 0. The molecule has 1 aromatic rings. The minimum absolute atomic E-state index is 0.315. The molecule has 0 N–H and O–H groups in total. The molecule has 3 aliphatic carbocycles. The van der Waals surface area contributed by atoms with Gasteiger partial charge in [-0.2, -0.15) is 0 Å². The molecule has 5 atom stereocenters. The van der Waals surface area contributed by atoms with Gasteiger partial charge in [0.1, 0.15) is 5.75 Å². The van der Waals surface area contributed by atoms with Gasteiger partial charge in [-0.3, -0.25) is 0 Å². The van der Waals surface area contributed by atoms with E-state index in [1.54, 1.807) is 0 Å². The molecule has 0 aliphatic heterocycles. The summed E-state index contributed by atoms with van der Waals surface area (Å²) < 4.78 is 27.4. The van der Waals surface area contributed by atoms with E-state index < -0.39 is 33.3 Å². The van der Waals surface area contributed by atoms with E-state index in [9.17, 15) is 0 Å². The van der Waals surface area contributed by atoms with Gasteiger partial charge < -0.3 is 17.7 Å². The van der Waals surface area contributed by atoms with Gasteiger partial charge in [-0.25, -0.2) is 0 Å². The fraction of sp³-hybridized carbons (Fsp3) is 0.800. The lowest BCUT2D eigenvalue weighted by molar-refractivity contribution is -0.0141. The van der Waals surface area contributed by atoms with E-state index in [0.29, 0.717) is 17.4 Å². The first-order valence-corrected chi connectivity index (χ1v) is 28.7. The van der Waals surface area contributed by atoms with Gasteiger partial charge in [-0.05, 0) is 152 Å². The maximum Gasteiger partial charge on any atom is 0.242 e. The molecule has 0 aromatic heterocycles. The molecular formula is C30H56O4Si4. The van der Waals surface area contributed by atoms with E-state index in [0.717, 1.165) is 35.5 Å². The largest absolute Gasteiger partial charge is 0.542 e. The Hall–Kier alpha value is -0.552. The molecule has 0 saturated heterocycles. The van der Waals surface area contributed by atoms with Crippen molar-refractivity contribution >= 4 is 33.3 Å². The highest BCUT2D eigenvalue weighted by Gasteiger charge is 2.56. The van der Waals surface area contributed by atoms with Gasteiger partial charge in [0.15, 0.2) is 19.8 Å². The van der Waals surface area contributed by atoms with Crippen LogP contribution in [0.5, 0.6) is 17.2 Å². The Labute approximate surface area is 238 Å². The van der Waals surface area contributed by atoms with Crippen LogP contribution in [-0.2, 0) is 10.8 Å². The first kappa shape index (κ1) is 30.4. The number of hydrogen-bond acceptors (Lipinski definition) is 4. The zero-order chi connectivity index (χ0) is 28.5. The SMILES string of the molecule is CC12CCC3c4cc(O[Si](C)(C)C)c(O[Si](C)(C)C)c(O[Si](C)(C)C)c4CCC3C1CCC2O[Si](C)(C)C. The van der Waals surface area contributed by atoms with Crippen LogP contribution >= 0.6 is 0 Å². The molecular weight excluding hydrogens is 537 g/mol. The van der Waals surface area contributed by atoms with Crippen molar-refractivity contribution in [1.82, 2.24) is 0 Å². The Morgan fingerprint density at radius 2 is 1.26 bits per heavy atom. The molecule has 0 radical (unpaired) electrons. The van der Waals surface area contributed by atoms with E-state index in [-0.39, 0.29) is 0 Å². The van der Waals surface area contributed by atoms with Crippen molar-refractivity contribution in [2.45, 2.75) is 136 Å². The molecule has 1 aromatic carbocycles. The lowest BCUT2D eigenvalue weighted by Crippen LogP contribution is -2.47. The van der Waals surface area contributed by atoms with Crippen molar-refractivity contribution in [2.24, 2.45) is 17.3 Å². The third-order valence-corrected chi connectivity index (χ3v) is 12.0. The van der Waals surface area contributed by atoms with Crippen LogP contribution in [0.1, 0.15) is 56.1 Å². The lowest BCUT2D eigenvalue weighted by Gasteiger charge is -2.51. The van der Waals surface area contributed by atoms with E-state index in [4.69, 9.17) is 17.7 Å². The molecule has 38 heavy (non-hydrogen) atoms. The molecule has 0 heterocycles. The summed E-state index contributed by atoms with van der Waals surface area (Å²) in [5.74, 6) is 4.92. The fourth-order valence-corrected chi connectivity index (χ4v) is 11.1. The molecule has 3 aliphatic rings. The molecule has 4 nitrogen and oxygen atoms in total. The highest BCUT2D eigenvalue weighted by atomic mass is 28.4. The zero-order valence-corrected chi connectivity index (χ0v) is 30.8. The van der Waals surface area contributed by atoms with Crippen LogP contribution in [0.4, 0.5) is 0 Å². The summed E-state index contributed by atoms with van der Waals surface area (Å²) in [4.78, 5) is 0. The Kier molecular flexibility index (Phi) is 8.06. The summed E-state index contributed by atoms with van der Waals surface area (Å²) in [5.41, 5.74) is 3.23. The molecule has 2 fully saturated rings. The summed E-state index contributed by atoms with van der Waals surface area (Å²) in [5, 5.41) is 0. The Bertz CT molecular complexity index is 1030. The van der Waals surface area contributed by atoms with Crippen LogP contribution in [0.25, 0.3) is 0 Å². The van der Waals surface area contributed by atoms with Gasteiger partial charge in [0.25, 0.3) is 0 Å². The first-order valence-electron chi connectivity index (χ1n) is 15.1. The second-order valence-electron chi connectivity index (χ2n) is 16.5. The third-order valence-electron chi connectivity index (χ3n) is 8.54. The summed E-state index contributed by atoms with van der Waals surface area (Å²) in [6.45, 7) is 30.1. The summed E-state index contributed by atoms with van der Waals surface area (Å²) >= 11 is 0. The van der Waals surface area contributed by atoms with Crippen molar-refractivity contribution in [3.63, 3.8) is 0 Å². The van der Waals surface area contributed by atoms with Gasteiger partial charge in [0, 0.05) is 5.56 Å². The average Bonchev–Trinajstić information content (AvgIpc) is 3.02. The monoisotopic (exact) mass is 592 g/mol. The van der Waals surface area contributed by atoms with Gasteiger partial charge in [-0.1, -0.05) is 6.92 Å². The van der Waals surface area contributed by atoms with Gasteiger partial charge in [0.2, 0.25) is 25.0 Å². The predicted molar refractivity (Wildman–Crippen MR) is 171 cm³/mol. The quantitative estimate of drug-likeness (QED) is 0.282. The Morgan fingerprint density at radius 3 is 1.82 bits per heavy atom. The van der Waals surface area contributed by atoms with E-state index >= 15 is 0 Å². The molecule has 216 valence electrons. The predicted octanol–water partition coefficient (Wildman–Crippen LogP) is 9.40. The molecule has 4 rings (SSSR count). The second kappa shape index (κ2) is 10.1. The molecule has 8 heteroatoms. The van der Waals surface area contributed by atoms with Crippen LogP contribution in [0, 0.1) is 17.3 Å². The van der Waals surface area contributed by atoms with Crippen LogP contribution in [0.3, 0.4) is 0 Å². The number of fused-ring (bicyclic) bond motifs is 5. The number of rotatable bonds is 8. The fourth-order valence-electron chi connectivity index (χ4n) is 7.44. The number of benzene rings is 1. The van der Waals surface area contributed by atoms with Crippen LogP contribution in [0.2, 0.25) is 78.6 Å². The first-order chi connectivity index (χ1) is 17.2. The second-order valence-corrected chi connectivity index (χ2v) is 34.2. The molecule has 5 unspecified atom stereocenters. The third kappa shape index (κ3) is 6.66. The maximum absolute atomic E-state index is 6.95. The van der Waals surface area contributed by atoms with E-state index in [1.165, 1.54) is 43.2 Å². The minimum Gasteiger partial charge on any atom is -0.542 e. The van der Waals surface area contributed by atoms with Gasteiger partial charge in [-0.15, -0.1) is 0 Å². The van der Waals surface area contributed by atoms with Crippen molar-refractivity contribution < 1.29 is 17.7 Å². The summed E-state index contributed by atoms with van der Waals surface area (Å²) in [7, 11) is -7.19. The summed E-state index contributed by atoms with van der Waals surface area (Å²) in [6, 6.07) is 2.41. The smallest absolute Gasteiger partial charge is 0.242 e. The lowest BCUT2D eigenvalue weighted by atomic mass is 9.55. The van der Waals surface area contributed by atoms with Crippen molar-refractivity contribution in [3.8, 4) is 17.2 Å². The van der Waals surface area contributed by atoms with Crippen LogP contribution in [0.15, 0.2) is 6.07 Å². The van der Waals surface area contributed by atoms with Gasteiger partial charge >= 0.3 is 0 Å². The van der Waals surface area contributed by atoms with Crippen molar-refractivity contribution in [3.05, 3.63) is 17.2 Å². The highest BCUT2D eigenvalue weighted by molar-refractivity contribution is 6.72. The molecule has 0 bridgehead atoms. The average molecular weight is 593 g/mol. The van der Waals surface area contributed by atoms with Gasteiger partial charge in [0.05, 0.1) is 6.10 Å². The van der Waals surface area contributed by atoms with Crippen LogP contribution < -0.4 is 13.3 Å². The zero-order valence-electron chi connectivity index (χ0n) is 26.8. The molecule has 0 amide bonds. The molecule has 2 saturated carbocycles. The minimum atomic E-state index is -1.89.